The van der Waals surface area contributed by atoms with Gasteiger partial charge in [-0.2, -0.15) is 0 Å². The van der Waals surface area contributed by atoms with Crippen molar-refractivity contribution < 1.29 is 9.15 Å². The van der Waals surface area contributed by atoms with Gasteiger partial charge in [0.15, 0.2) is 7.92 Å². The van der Waals surface area contributed by atoms with Gasteiger partial charge in [0.25, 0.3) is 11.2 Å². The van der Waals surface area contributed by atoms with Crippen LogP contribution in [0.25, 0.3) is 0 Å². The second kappa shape index (κ2) is 9.98. The van der Waals surface area contributed by atoms with E-state index >= 15 is 0 Å². The standard InChI is InChI=1S/C28H34N4P2/c1-29-19-20-30(2)27(29)34(28-31(3)21-22-32(28)4)26-18-12-11-17-25(26)33(23-13-7-5-8-14-23)24-15-9-6-10-16-24/h5-18H,19-22H2,1-4H3/q+2. The molecule has 0 spiro atoms. The lowest BCUT2D eigenvalue weighted by Crippen LogP contribution is -2.40. The number of hydrogen-bond acceptors (Lipinski definition) is 2. The summed E-state index contributed by atoms with van der Waals surface area (Å²) in [5.41, 5.74) is 2.93. The van der Waals surface area contributed by atoms with E-state index in [1.54, 1.807) is 0 Å². The second-order valence-electron chi connectivity index (χ2n) is 9.12. The first-order valence-corrected chi connectivity index (χ1v) is 14.6. The highest BCUT2D eigenvalue weighted by Gasteiger charge is 2.46. The van der Waals surface area contributed by atoms with E-state index in [4.69, 9.17) is 0 Å². The summed E-state index contributed by atoms with van der Waals surface area (Å²) < 4.78 is 4.98. The predicted molar refractivity (Wildman–Crippen MR) is 149 cm³/mol. The van der Waals surface area contributed by atoms with E-state index < -0.39 is 15.8 Å². The van der Waals surface area contributed by atoms with Crippen LogP contribution in [0.5, 0.6) is 0 Å². The molecule has 5 rings (SSSR count). The molecule has 0 aromatic heterocycles. The molecule has 0 atom stereocenters. The number of hydrogen-bond donors (Lipinski definition) is 0. The average Bonchev–Trinajstić information content (AvgIpc) is 3.38. The van der Waals surface area contributed by atoms with Gasteiger partial charge in [0.1, 0.15) is 26.2 Å². The van der Waals surface area contributed by atoms with E-state index in [0.717, 1.165) is 26.2 Å². The minimum Gasteiger partial charge on any atom is -0.260 e. The Morgan fingerprint density at radius 1 is 0.559 bits per heavy atom. The second-order valence-corrected chi connectivity index (χ2v) is 13.3. The summed E-state index contributed by atoms with van der Waals surface area (Å²) >= 11 is 0. The lowest BCUT2D eigenvalue weighted by atomic mass is 10.3. The summed E-state index contributed by atoms with van der Waals surface area (Å²) in [5.74, 6) is 0. The summed E-state index contributed by atoms with van der Waals surface area (Å²) in [4.78, 5) is 4.98. The van der Waals surface area contributed by atoms with Gasteiger partial charge >= 0.3 is 0 Å². The molecule has 0 unspecified atom stereocenters. The highest BCUT2D eigenvalue weighted by molar-refractivity contribution is 7.96. The fourth-order valence-electron chi connectivity index (χ4n) is 4.99. The number of rotatable bonds is 6. The zero-order valence-electron chi connectivity index (χ0n) is 20.6. The molecule has 6 heteroatoms. The van der Waals surface area contributed by atoms with Crippen molar-refractivity contribution >= 4 is 48.2 Å². The predicted octanol–water partition coefficient (Wildman–Crippen LogP) is 2.44. The Morgan fingerprint density at radius 2 is 0.941 bits per heavy atom. The van der Waals surface area contributed by atoms with Crippen LogP contribution in [0.4, 0.5) is 0 Å². The minimum atomic E-state index is -0.696. The molecular formula is C28H34N4P2+2. The summed E-state index contributed by atoms with van der Waals surface area (Å²) in [5, 5.41) is 5.77. The van der Waals surface area contributed by atoms with Crippen LogP contribution >= 0.6 is 15.8 Å². The summed E-state index contributed by atoms with van der Waals surface area (Å²) in [6.45, 7) is 4.33. The topological polar surface area (TPSA) is 12.5 Å². The van der Waals surface area contributed by atoms with Crippen molar-refractivity contribution in [1.29, 1.82) is 0 Å². The molecule has 0 bridgehead atoms. The Hall–Kier alpha value is -2.54. The largest absolute Gasteiger partial charge is 0.284 e. The Labute approximate surface area is 206 Å². The van der Waals surface area contributed by atoms with Gasteiger partial charge in [-0.1, -0.05) is 84.9 Å². The van der Waals surface area contributed by atoms with Crippen molar-refractivity contribution in [3.05, 3.63) is 84.9 Å². The van der Waals surface area contributed by atoms with Crippen LogP contribution in [0.3, 0.4) is 0 Å². The molecule has 2 heterocycles. The molecule has 3 aromatic carbocycles. The molecule has 3 aromatic rings. The van der Waals surface area contributed by atoms with E-state index in [1.807, 2.05) is 0 Å². The molecule has 4 nitrogen and oxygen atoms in total. The number of nitrogens with zero attached hydrogens (tertiary/aromatic N) is 4. The van der Waals surface area contributed by atoms with E-state index in [2.05, 4.69) is 132 Å². The van der Waals surface area contributed by atoms with Gasteiger partial charge in [-0.05, 0) is 23.8 Å². The van der Waals surface area contributed by atoms with Gasteiger partial charge in [-0.15, -0.1) is 0 Å². The van der Waals surface area contributed by atoms with Gasteiger partial charge in [0.2, 0.25) is 0 Å². The van der Waals surface area contributed by atoms with Crippen molar-refractivity contribution in [3.8, 4) is 0 Å². The van der Waals surface area contributed by atoms with Gasteiger partial charge < -0.3 is 0 Å². The molecule has 0 saturated carbocycles. The van der Waals surface area contributed by atoms with Gasteiger partial charge in [0.05, 0.1) is 28.2 Å². The highest BCUT2D eigenvalue weighted by Crippen LogP contribution is 2.44. The molecule has 0 N–H and O–H groups in total. The molecule has 0 fully saturated rings. The molecule has 0 aliphatic carbocycles. The van der Waals surface area contributed by atoms with Crippen molar-refractivity contribution in [2.75, 3.05) is 54.4 Å². The zero-order valence-corrected chi connectivity index (χ0v) is 22.4. The maximum Gasteiger partial charge on any atom is 0.284 e. The van der Waals surface area contributed by atoms with Crippen LogP contribution in [0, 0.1) is 0 Å². The first-order chi connectivity index (χ1) is 16.6. The smallest absolute Gasteiger partial charge is 0.260 e. The number of benzene rings is 3. The van der Waals surface area contributed by atoms with E-state index in [-0.39, 0.29) is 0 Å². The van der Waals surface area contributed by atoms with Crippen LogP contribution in [-0.2, 0) is 0 Å². The monoisotopic (exact) mass is 488 g/mol. The molecular weight excluding hydrogens is 454 g/mol. The van der Waals surface area contributed by atoms with Crippen LogP contribution in [-0.4, -0.2) is 84.5 Å². The summed E-state index contributed by atoms with van der Waals surface area (Å²) in [6, 6.07) is 31.4. The van der Waals surface area contributed by atoms with Crippen LogP contribution < -0.4 is 21.2 Å². The van der Waals surface area contributed by atoms with Crippen molar-refractivity contribution in [3.63, 3.8) is 0 Å². The minimum absolute atomic E-state index is 0.670. The SMILES string of the molecule is CN1CC[N+](C)=C1P(C1=[N+](C)CCN1C)c1ccccc1P(c1ccccc1)c1ccccc1. The normalized spacial score (nSPS) is 16.5. The summed E-state index contributed by atoms with van der Waals surface area (Å²) in [6.07, 6.45) is 0. The fraction of sp³-hybridized carbons (Fsp3) is 0.286. The quantitative estimate of drug-likeness (QED) is 0.391. The highest BCUT2D eigenvalue weighted by atomic mass is 31.1. The molecule has 174 valence electrons. The van der Waals surface area contributed by atoms with Crippen molar-refractivity contribution in [2.45, 2.75) is 0 Å². The summed E-state index contributed by atoms with van der Waals surface area (Å²) in [7, 11) is 7.70. The van der Waals surface area contributed by atoms with E-state index in [9.17, 15) is 0 Å². The third-order valence-corrected chi connectivity index (χ3v) is 12.4. The zero-order chi connectivity index (χ0) is 23.7. The lowest BCUT2D eigenvalue weighted by Gasteiger charge is -2.26. The maximum atomic E-state index is 2.49. The molecule has 34 heavy (non-hydrogen) atoms. The molecule has 0 amide bonds. The van der Waals surface area contributed by atoms with Crippen molar-refractivity contribution in [2.24, 2.45) is 0 Å². The first-order valence-electron chi connectivity index (χ1n) is 11.9. The molecule has 2 aliphatic heterocycles. The first kappa shape index (κ1) is 23.2. The Bertz CT molecular complexity index is 1150. The Balaban J connectivity index is 1.76. The van der Waals surface area contributed by atoms with Crippen molar-refractivity contribution in [1.82, 2.24) is 9.80 Å². The van der Waals surface area contributed by atoms with Crippen LogP contribution in [0.15, 0.2) is 84.9 Å². The molecule has 2 aliphatic rings. The van der Waals surface area contributed by atoms with Gasteiger partial charge in [-0.25, -0.2) is 0 Å². The Kier molecular flexibility index (Phi) is 6.82. The lowest BCUT2D eigenvalue weighted by molar-refractivity contribution is -0.486. The van der Waals surface area contributed by atoms with Crippen LogP contribution in [0.1, 0.15) is 0 Å². The van der Waals surface area contributed by atoms with E-state index in [0.29, 0.717) is 0 Å². The Morgan fingerprint density at radius 3 is 1.32 bits per heavy atom. The fourth-order valence-corrected chi connectivity index (χ4v) is 10.8. The van der Waals surface area contributed by atoms with E-state index in [1.165, 1.54) is 32.4 Å². The number of amidine groups is 2. The third kappa shape index (κ3) is 4.30. The molecule has 0 saturated heterocycles. The average molecular weight is 489 g/mol. The van der Waals surface area contributed by atoms with Gasteiger partial charge in [-0.3, -0.25) is 19.0 Å². The van der Waals surface area contributed by atoms with Gasteiger partial charge in [0, 0.05) is 5.30 Å². The van der Waals surface area contributed by atoms with Crippen LogP contribution in [0.2, 0.25) is 0 Å². The number of likely N-dealkylation sites (N-methyl/N-ethyl adjacent to an activating group) is 4. The maximum absolute atomic E-state index is 2.49. The molecule has 0 radical (unpaired) electrons. The third-order valence-electron chi connectivity index (χ3n) is 6.70.